The van der Waals surface area contributed by atoms with Gasteiger partial charge in [-0.3, -0.25) is 9.89 Å². The number of aromatic nitrogens is 2. The van der Waals surface area contributed by atoms with Crippen LogP contribution in [0, 0.1) is 5.82 Å². The summed E-state index contributed by atoms with van der Waals surface area (Å²) in [5, 5.41) is 9.16. The van der Waals surface area contributed by atoms with E-state index in [2.05, 4.69) is 15.5 Å². The van der Waals surface area contributed by atoms with Crippen LogP contribution in [-0.2, 0) is 0 Å². The first-order valence-corrected chi connectivity index (χ1v) is 4.08. The van der Waals surface area contributed by atoms with Crippen LogP contribution in [0.4, 0.5) is 4.39 Å². The van der Waals surface area contributed by atoms with E-state index in [1.54, 1.807) is 12.1 Å². The first-order chi connectivity index (χ1) is 6.74. The molecule has 0 spiro atoms. The van der Waals surface area contributed by atoms with E-state index in [0.717, 1.165) is 0 Å². The standard InChI is InChI=1S/C9H8FN3O/c1-11-9(14)8-5-3-2-4-6(10)7(5)12-13-8/h2-4H,1H3,(H,11,14)(H,12,13). The van der Waals surface area contributed by atoms with E-state index in [4.69, 9.17) is 0 Å². The monoisotopic (exact) mass is 193 g/mol. The number of H-pyrrole nitrogens is 1. The number of aromatic amines is 1. The molecule has 1 aromatic carbocycles. The number of amides is 1. The van der Waals surface area contributed by atoms with Crippen molar-refractivity contribution >= 4 is 16.8 Å². The molecule has 0 atom stereocenters. The fourth-order valence-electron chi connectivity index (χ4n) is 1.30. The zero-order valence-electron chi connectivity index (χ0n) is 7.47. The van der Waals surface area contributed by atoms with Crippen molar-refractivity contribution in [3.05, 3.63) is 29.7 Å². The van der Waals surface area contributed by atoms with Crippen LogP contribution >= 0.6 is 0 Å². The summed E-state index contributed by atoms with van der Waals surface area (Å²) >= 11 is 0. The summed E-state index contributed by atoms with van der Waals surface area (Å²) in [5.41, 5.74) is 0.466. The van der Waals surface area contributed by atoms with Crippen LogP contribution in [-0.4, -0.2) is 23.2 Å². The van der Waals surface area contributed by atoms with Crippen LogP contribution < -0.4 is 5.32 Å². The number of halogens is 1. The number of hydrogen-bond acceptors (Lipinski definition) is 2. The predicted molar refractivity (Wildman–Crippen MR) is 49.4 cm³/mol. The molecule has 0 saturated heterocycles. The Morgan fingerprint density at radius 3 is 3.07 bits per heavy atom. The number of benzene rings is 1. The molecule has 4 nitrogen and oxygen atoms in total. The SMILES string of the molecule is CNC(=O)c1n[nH]c2c(F)cccc12. The number of rotatable bonds is 1. The van der Waals surface area contributed by atoms with Gasteiger partial charge >= 0.3 is 0 Å². The van der Waals surface area contributed by atoms with Gasteiger partial charge in [-0.15, -0.1) is 0 Å². The van der Waals surface area contributed by atoms with Crippen molar-refractivity contribution in [1.29, 1.82) is 0 Å². The molecule has 0 aliphatic heterocycles. The third-order valence-electron chi connectivity index (χ3n) is 1.99. The molecule has 1 aromatic heterocycles. The Labute approximate surface area is 79.1 Å². The van der Waals surface area contributed by atoms with Crippen LogP contribution in [0.1, 0.15) is 10.5 Å². The molecule has 2 aromatic rings. The van der Waals surface area contributed by atoms with Gasteiger partial charge in [-0.1, -0.05) is 12.1 Å². The molecule has 1 heterocycles. The Balaban J connectivity index is 2.70. The summed E-state index contributed by atoms with van der Waals surface area (Å²) in [6.45, 7) is 0. The quantitative estimate of drug-likeness (QED) is 0.711. The lowest BCUT2D eigenvalue weighted by atomic mass is 10.2. The van der Waals surface area contributed by atoms with Crippen LogP contribution in [0.5, 0.6) is 0 Å². The number of carbonyl (C=O) groups is 1. The fourth-order valence-corrected chi connectivity index (χ4v) is 1.30. The highest BCUT2D eigenvalue weighted by Gasteiger charge is 2.13. The smallest absolute Gasteiger partial charge is 0.272 e. The summed E-state index contributed by atoms with van der Waals surface area (Å²) in [7, 11) is 1.50. The molecular weight excluding hydrogens is 185 g/mol. The van der Waals surface area contributed by atoms with Crippen LogP contribution in [0.3, 0.4) is 0 Å². The lowest BCUT2D eigenvalue weighted by Gasteiger charge is -1.94. The van der Waals surface area contributed by atoms with Crippen molar-refractivity contribution in [2.45, 2.75) is 0 Å². The topological polar surface area (TPSA) is 57.8 Å². The normalized spacial score (nSPS) is 10.4. The summed E-state index contributed by atoms with van der Waals surface area (Å²) in [6, 6.07) is 4.50. The van der Waals surface area contributed by atoms with E-state index in [1.165, 1.54) is 13.1 Å². The van der Waals surface area contributed by atoms with Gasteiger partial charge in [0, 0.05) is 12.4 Å². The Morgan fingerprint density at radius 2 is 2.36 bits per heavy atom. The van der Waals surface area contributed by atoms with Gasteiger partial charge in [0.05, 0.1) is 0 Å². The maximum atomic E-state index is 13.2. The van der Waals surface area contributed by atoms with Crippen molar-refractivity contribution in [3.63, 3.8) is 0 Å². The zero-order chi connectivity index (χ0) is 10.1. The van der Waals surface area contributed by atoms with Gasteiger partial charge in [-0.25, -0.2) is 4.39 Å². The van der Waals surface area contributed by atoms with E-state index in [-0.39, 0.29) is 17.1 Å². The molecule has 0 bridgehead atoms. The maximum absolute atomic E-state index is 13.2. The van der Waals surface area contributed by atoms with Crippen molar-refractivity contribution in [3.8, 4) is 0 Å². The van der Waals surface area contributed by atoms with Gasteiger partial charge in [-0.05, 0) is 6.07 Å². The predicted octanol–water partition coefficient (Wildman–Crippen LogP) is 1.06. The molecule has 0 aliphatic carbocycles. The molecule has 72 valence electrons. The number of para-hydroxylation sites is 1. The highest BCUT2D eigenvalue weighted by Crippen LogP contribution is 2.18. The highest BCUT2D eigenvalue weighted by atomic mass is 19.1. The average molecular weight is 193 g/mol. The number of carbonyl (C=O) groups excluding carboxylic acids is 1. The number of nitrogens with zero attached hydrogens (tertiary/aromatic N) is 1. The van der Waals surface area contributed by atoms with Crippen molar-refractivity contribution in [2.75, 3.05) is 7.05 Å². The Bertz CT molecular complexity index is 492. The van der Waals surface area contributed by atoms with Crippen molar-refractivity contribution in [2.24, 2.45) is 0 Å². The first kappa shape index (κ1) is 8.68. The largest absolute Gasteiger partial charge is 0.354 e. The summed E-state index contributed by atoms with van der Waals surface area (Å²) < 4.78 is 13.2. The highest BCUT2D eigenvalue weighted by molar-refractivity contribution is 6.04. The first-order valence-electron chi connectivity index (χ1n) is 4.08. The number of hydrogen-bond donors (Lipinski definition) is 2. The Kier molecular flexibility index (Phi) is 1.92. The number of nitrogens with one attached hydrogen (secondary N) is 2. The summed E-state index contributed by atoms with van der Waals surface area (Å²) in [5.74, 6) is -0.744. The van der Waals surface area contributed by atoms with Crippen molar-refractivity contribution < 1.29 is 9.18 Å². The van der Waals surface area contributed by atoms with Gasteiger partial charge < -0.3 is 5.32 Å². The van der Waals surface area contributed by atoms with E-state index in [1.807, 2.05) is 0 Å². The molecule has 2 N–H and O–H groups in total. The van der Waals surface area contributed by atoms with Gasteiger partial charge in [0.25, 0.3) is 5.91 Å². The molecule has 0 unspecified atom stereocenters. The minimum atomic E-state index is -0.412. The second-order valence-corrected chi connectivity index (χ2v) is 2.81. The maximum Gasteiger partial charge on any atom is 0.272 e. The second-order valence-electron chi connectivity index (χ2n) is 2.81. The summed E-state index contributed by atoms with van der Waals surface area (Å²) in [6.07, 6.45) is 0. The van der Waals surface area contributed by atoms with Gasteiger partial charge in [0.1, 0.15) is 11.3 Å². The van der Waals surface area contributed by atoms with Crippen LogP contribution in [0.15, 0.2) is 18.2 Å². The Morgan fingerprint density at radius 1 is 1.57 bits per heavy atom. The zero-order valence-corrected chi connectivity index (χ0v) is 7.47. The lowest BCUT2D eigenvalue weighted by molar-refractivity contribution is 0.0959. The van der Waals surface area contributed by atoms with Crippen molar-refractivity contribution in [1.82, 2.24) is 15.5 Å². The average Bonchev–Trinajstić information content (AvgIpc) is 2.62. The third-order valence-corrected chi connectivity index (χ3v) is 1.99. The third kappa shape index (κ3) is 1.14. The van der Waals surface area contributed by atoms with E-state index < -0.39 is 5.82 Å². The van der Waals surface area contributed by atoms with E-state index in [0.29, 0.717) is 5.39 Å². The molecule has 0 fully saturated rings. The minimum absolute atomic E-state index is 0.210. The van der Waals surface area contributed by atoms with Gasteiger partial charge in [0.15, 0.2) is 5.69 Å². The van der Waals surface area contributed by atoms with Gasteiger partial charge in [-0.2, -0.15) is 5.10 Å². The second kappa shape index (κ2) is 3.10. The van der Waals surface area contributed by atoms with E-state index >= 15 is 0 Å². The molecule has 2 rings (SSSR count). The minimum Gasteiger partial charge on any atom is -0.354 e. The summed E-state index contributed by atoms with van der Waals surface area (Å²) in [4.78, 5) is 11.3. The van der Waals surface area contributed by atoms with Crippen LogP contribution in [0.2, 0.25) is 0 Å². The van der Waals surface area contributed by atoms with Crippen LogP contribution in [0.25, 0.3) is 10.9 Å². The number of fused-ring (bicyclic) bond motifs is 1. The molecule has 0 aliphatic rings. The van der Waals surface area contributed by atoms with Gasteiger partial charge in [0.2, 0.25) is 0 Å². The molecule has 1 amide bonds. The Hall–Kier alpha value is -1.91. The molecular formula is C9H8FN3O. The molecule has 0 radical (unpaired) electrons. The lowest BCUT2D eigenvalue weighted by Crippen LogP contribution is -2.18. The molecule has 14 heavy (non-hydrogen) atoms. The van der Waals surface area contributed by atoms with E-state index in [9.17, 15) is 9.18 Å². The fraction of sp³-hybridized carbons (Fsp3) is 0.111. The molecule has 5 heteroatoms. The molecule has 0 saturated carbocycles.